The van der Waals surface area contributed by atoms with Gasteiger partial charge in [0, 0.05) is 0 Å². The van der Waals surface area contributed by atoms with Gasteiger partial charge in [0.15, 0.2) is 5.90 Å². The van der Waals surface area contributed by atoms with Gasteiger partial charge in [0.2, 0.25) is 0 Å². The summed E-state index contributed by atoms with van der Waals surface area (Å²) in [5.74, 6) is 0.153. The normalized spacial score (nSPS) is 9.50. The first-order valence-electron chi connectivity index (χ1n) is 2.61. The Morgan fingerprint density at radius 3 is 2.38 bits per heavy atom. The van der Waals surface area contributed by atoms with Gasteiger partial charge in [-0.05, 0) is 13.8 Å². The first kappa shape index (κ1) is 7.43. The van der Waals surface area contributed by atoms with Crippen LogP contribution in [0.25, 0.3) is 0 Å². The van der Waals surface area contributed by atoms with Crippen LogP contribution in [0.5, 0.6) is 0 Å². The van der Waals surface area contributed by atoms with Gasteiger partial charge in [-0.2, -0.15) is 0 Å². The van der Waals surface area contributed by atoms with E-state index in [-0.39, 0.29) is 18.5 Å². The molecule has 0 fully saturated rings. The second-order valence-electron chi connectivity index (χ2n) is 1.79. The van der Waals surface area contributed by atoms with Gasteiger partial charge in [0.25, 0.3) is 0 Å². The molecule has 0 aliphatic heterocycles. The highest BCUT2D eigenvalue weighted by molar-refractivity contribution is 5.74. The average Bonchev–Trinajstić information content (AvgIpc) is 1.65. The molecule has 0 aromatic carbocycles. The quantitative estimate of drug-likeness (QED) is 0.404. The van der Waals surface area contributed by atoms with E-state index < -0.39 is 0 Å². The first-order chi connectivity index (χ1) is 3.66. The second-order valence-corrected chi connectivity index (χ2v) is 1.79. The zero-order valence-corrected chi connectivity index (χ0v) is 5.27. The Kier molecular flexibility index (Phi) is 3.19. The van der Waals surface area contributed by atoms with Gasteiger partial charge >= 0.3 is 0 Å². The van der Waals surface area contributed by atoms with Gasteiger partial charge in [-0.3, -0.25) is 5.41 Å². The standard InChI is InChI=1S/C5H12N2O/c1-4(2)8-5(7)3-6/h4,7H,3,6H2,1-2H3. The highest BCUT2D eigenvalue weighted by Crippen LogP contribution is 1.86. The number of nitrogens with one attached hydrogen (secondary N) is 1. The van der Waals surface area contributed by atoms with Gasteiger partial charge in [0.1, 0.15) is 0 Å². The van der Waals surface area contributed by atoms with Crippen LogP contribution in [0, 0.1) is 5.41 Å². The third kappa shape index (κ3) is 3.61. The van der Waals surface area contributed by atoms with Crippen molar-refractivity contribution in [3.8, 4) is 0 Å². The number of hydrogen-bond acceptors (Lipinski definition) is 3. The maximum Gasteiger partial charge on any atom is 0.194 e. The highest BCUT2D eigenvalue weighted by Gasteiger charge is 1.95. The lowest BCUT2D eigenvalue weighted by Crippen LogP contribution is -2.19. The molecule has 0 unspecified atom stereocenters. The number of hydrogen-bond donors (Lipinski definition) is 2. The van der Waals surface area contributed by atoms with Crippen LogP contribution in [-0.4, -0.2) is 18.5 Å². The van der Waals surface area contributed by atoms with E-state index >= 15 is 0 Å². The molecule has 0 aromatic rings. The van der Waals surface area contributed by atoms with E-state index in [9.17, 15) is 0 Å². The van der Waals surface area contributed by atoms with E-state index in [2.05, 4.69) is 0 Å². The van der Waals surface area contributed by atoms with Gasteiger partial charge in [-0.15, -0.1) is 0 Å². The molecular weight excluding hydrogens is 104 g/mol. The summed E-state index contributed by atoms with van der Waals surface area (Å²) in [6, 6.07) is 0. The van der Waals surface area contributed by atoms with Crippen LogP contribution in [0.4, 0.5) is 0 Å². The first-order valence-corrected chi connectivity index (χ1v) is 2.61. The summed E-state index contributed by atoms with van der Waals surface area (Å²) in [6.07, 6.45) is 0.0750. The molecule has 3 N–H and O–H groups in total. The van der Waals surface area contributed by atoms with Crippen molar-refractivity contribution in [1.82, 2.24) is 0 Å². The average molecular weight is 116 g/mol. The van der Waals surface area contributed by atoms with Crippen molar-refractivity contribution in [2.75, 3.05) is 6.54 Å². The smallest absolute Gasteiger partial charge is 0.194 e. The van der Waals surface area contributed by atoms with E-state index in [1.807, 2.05) is 13.8 Å². The number of ether oxygens (including phenoxy) is 1. The molecule has 0 amide bonds. The Hall–Kier alpha value is -0.570. The highest BCUT2D eigenvalue weighted by atomic mass is 16.5. The summed E-state index contributed by atoms with van der Waals surface area (Å²) >= 11 is 0. The van der Waals surface area contributed by atoms with Crippen molar-refractivity contribution >= 4 is 5.90 Å². The van der Waals surface area contributed by atoms with Crippen molar-refractivity contribution in [2.24, 2.45) is 5.73 Å². The molecule has 8 heavy (non-hydrogen) atoms. The van der Waals surface area contributed by atoms with E-state index in [0.717, 1.165) is 0 Å². The van der Waals surface area contributed by atoms with Crippen LogP contribution in [0.15, 0.2) is 0 Å². The number of rotatable bonds is 2. The molecular formula is C5H12N2O. The van der Waals surface area contributed by atoms with Crippen molar-refractivity contribution in [3.63, 3.8) is 0 Å². The van der Waals surface area contributed by atoms with Gasteiger partial charge < -0.3 is 10.5 Å². The van der Waals surface area contributed by atoms with Crippen molar-refractivity contribution in [1.29, 1.82) is 5.41 Å². The molecule has 0 saturated carbocycles. The van der Waals surface area contributed by atoms with Crippen molar-refractivity contribution in [3.05, 3.63) is 0 Å². The molecule has 0 rings (SSSR count). The maximum absolute atomic E-state index is 6.92. The van der Waals surface area contributed by atoms with E-state index in [1.54, 1.807) is 0 Å². The van der Waals surface area contributed by atoms with Crippen LogP contribution in [-0.2, 0) is 4.74 Å². The molecule has 0 aliphatic rings. The lowest BCUT2D eigenvalue weighted by molar-refractivity contribution is 0.222. The number of nitrogens with two attached hydrogens (primary N) is 1. The third-order valence-corrected chi connectivity index (χ3v) is 0.563. The van der Waals surface area contributed by atoms with E-state index in [4.69, 9.17) is 15.9 Å². The summed E-state index contributed by atoms with van der Waals surface area (Å²) < 4.78 is 4.86. The Morgan fingerprint density at radius 2 is 2.25 bits per heavy atom. The van der Waals surface area contributed by atoms with E-state index in [0.29, 0.717) is 0 Å². The van der Waals surface area contributed by atoms with Gasteiger partial charge in [-0.1, -0.05) is 0 Å². The summed E-state index contributed by atoms with van der Waals surface area (Å²) in [4.78, 5) is 0. The monoisotopic (exact) mass is 116 g/mol. The van der Waals surface area contributed by atoms with Gasteiger partial charge in [-0.25, -0.2) is 0 Å². The van der Waals surface area contributed by atoms with Crippen LogP contribution in [0.1, 0.15) is 13.8 Å². The van der Waals surface area contributed by atoms with E-state index in [1.165, 1.54) is 0 Å². The zero-order chi connectivity index (χ0) is 6.57. The topological polar surface area (TPSA) is 59.1 Å². The summed E-state index contributed by atoms with van der Waals surface area (Å²) in [5.41, 5.74) is 5.07. The molecule has 3 heteroatoms. The fourth-order valence-electron chi connectivity index (χ4n) is 0.333. The molecule has 0 atom stereocenters. The Balaban J connectivity index is 3.25. The molecule has 48 valence electrons. The predicted molar refractivity (Wildman–Crippen MR) is 33.0 cm³/mol. The minimum absolute atomic E-state index is 0.0750. The predicted octanol–water partition coefficient (Wildman–Crippen LogP) is 0.347. The summed E-state index contributed by atoms with van der Waals surface area (Å²) in [7, 11) is 0. The fourth-order valence-corrected chi connectivity index (χ4v) is 0.333. The lowest BCUT2D eigenvalue weighted by Gasteiger charge is -2.07. The third-order valence-electron chi connectivity index (χ3n) is 0.563. The molecule has 0 aliphatic carbocycles. The Labute approximate surface area is 49.3 Å². The lowest BCUT2D eigenvalue weighted by atomic mass is 10.5. The van der Waals surface area contributed by atoms with Crippen LogP contribution >= 0.6 is 0 Å². The minimum Gasteiger partial charge on any atom is -0.477 e. The molecule has 0 saturated heterocycles. The Morgan fingerprint density at radius 1 is 1.75 bits per heavy atom. The summed E-state index contributed by atoms with van der Waals surface area (Å²) in [5, 5.41) is 6.92. The van der Waals surface area contributed by atoms with Crippen molar-refractivity contribution in [2.45, 2.75) is 20.0 Å². The summed E-state index contributed by atoms with van der Waals surface area (Å²) in [6.45, 7) is 3.92. The minimum atomic E-state index is 0.0750. The molecule has 0 radical (unpaired) electrons. The molecule has 0 bridgehead atoms. The molecule has 0 aromatic heterocycles. The van der Waals surface area contributed by atoms with Crippen LogP contribution in [0.3, 0.4) is 0 Å². The zero-order valence-electron chi connectivity index (χ0n) is 5.27. The SMILES string of the molecule is CC(C)OC(=N)CN. The maximum atomic E-state index is 6.92. The second kappa shape index (κ2) is 3.43. The molecule has 3 nitrogen and oxygen atoms in total. The molecule has 0 spiro atoms. The van der Waals surface area contributed by atoms with Crippen LogP contribution in [0.2, 0.25) is 0 Å². The largest absolute Gasteiger partial charge is 0.477 e. The molecule has 0 heterocycles. The van der Waals surface area contributed by atoms with Gasteiger partial charge in [0.05, 0.1) is 12.6 Å². The van der Waals surface area contributed by atoms with Crippen LogP contribution < -0.4 is 5.73 Å². The fraction of sp³-hybridized carbons (Fsp3) is 0.800. The Bertz CT molecular complexity index is 80.5. The van der Waals surface area contributed by atoms with Crippen molar-refractivity contribution < 1.29 is 4.74 Å².